The number of rotatable bonds is 3. The molecule has 0 amide bonds. The van der Waals surface area contributed by atoms with Crippen LogP contribution in [0.5, 0.6) is 0 Å². The van der Waals surface area contributed by atoms with Crippen LogP contribution < -0.4 is 0 Å². The number of benzene rings is 2. The number of hydrogen-bond acceptors (Lipinski definition) is 3. The van der Waals surface area contributed by atoms with E-state index in [-0.39, 0.29) is 10.6 Å². The second-order valence-electron chi connectivity index (χ2n) is 5.06. The molecule has 25 heavy (non-hydrogen) atoms. The predicted octanol–water partition coefficient (Wildman–Crippen LogP) is 4.45. The maximum Gasteiger partial charge on any atom is 0.435 e. The largest absolute Gasteiger partial charge is 0.768 e. The molecule has 9 heteroatoms. The third-order valence-corrected chi connectivity index (χ3v) is 4.32. The van der Waals surface area contributed by atoms with E-state index in [1.165, 1.54) is 24.3 Å². The highest BCUT2D eigenvalue weighted by atomic mass is 35.5. The van der Waals surface area contributed by atoms with Crippen LogP contribution in [0.25, 0.3) is 16.9 Å². The standard InChI is InChI=1S/C16H10ClF3N2O2S/c17-11-3-1-10(2-4-11)14-9-15(16(18,19)20)21-22(14)12-5-7-13(8-6-12)25(23)24/h1-9H,(H,23,24)/p-1. The minimum absolute atomic E-state index is 0.0278. The van der Waals surface area contributed by atoms with Crippen molar-refractivity contribution in [3.63, 3.8) is 0 Å². The molecule has 0 saturated heterocycles. The third-order valence-electron chi connectivity index (χ3n) is 3.41. The van der Waals surface area contributed by atoms with Gasteiger partial charge in [0, 0.05) is 15.5 Å². The van der Waals surface area contributed by atoms with Gasteiger partial charge in [-0.05, 0) is 53.5 Å². The van der Waals surface area contributed by atoms with Crippen molar-refractivity contribution in [2.45, 2.75) is 11.1 Å². The number of halogens is 4. The Balaban J connectivity index is 2.15. The molecule has 0 saturated carbocycles. The van der Waals surface area contributed by atoms with Gasteiger partial charge in [-0.3, -0.25) is 4.21 Å². The number of aromatic nitrogens is 2. The van der Waals surface area contributed by atoms with Gasteiger partial charge in [-0.1, -0.05) is 23.7 Å². The van der Waals surface area contributed by atoms with Crippen LogP contribution in [0.2, 0.25) is 5.02 Å². The van der Waals surface area contributed by atoms with E-state index in [1.54, 1.807) is 24.3 Å². The third kappa shape index (κ3) is 3.76. The van der Waals surface area contributed by atoms with Crippen LogP contribution in [-0.2, 0) is 17.3 Å². The Morgan fingerprint density at radius 2 is 1.64 bits per heavy atom. The molecule has 0 spiro atoms. The first kappa shape index (κ1) is 17.7. The minimum Gasteiger partial charge on any atom is -0.768 e. The number of nitrogens with zero attached hydrogens (tertiary/aromatic N) is 2. The molecule has 3 rings (SSSR count). The quantitative estimate of drug-likeness (QED) is 0.626. The second kappa shape index (κ2) is 6.62. The zero-order valence-electron chi connectivity index (χ0n) is 12.3. The first-order chi connectivity index (χ1) is 11.8. The molecule has 1 aromatic heterocycles. The van der Waals surface area contributed by atoms with E-state index in [9.17, 15) is 21.9 Å². The molecule has 130 valence electrons. The molecule has 0 aliphatic heterocycles. The Hall–Kier alpha value is -2.16. The van der Waals surface area contributed by atoms with Gasteiger partial charge in [0.15, 0.2) is 5.69 Å². The van der Waals surface area contributed by atoms with E-state index >= 15 is 0 Å². The van der Waals surface area contributed by atoms with Crippen molar-refractivity contribution < 1.29 is 21.9 Å². The summed E-state index contributed by atoms with van der Waals surface area (Å²) in [5.41, 5.74) is -0.0487. The minimum atomic E-state index is -4.61. The molecule has 0 N–H and O–H groups in total. The molecular weight excluding hydrogens is 377 g/mol. The normalized spacial score (nSPS) is 13.0. The Morgan fingerprint density at radius 1 is 1.04 bits per heavy atom. The van der Waals surface area contributed by atoms with Gasteiger partial charge in [-0.15, -0.1) is 0 Å². The molecule has 0 bridgehead atoms. The van der Waals surface area contributed by atoms with Gasteiger partial charge in [0.05, 0.1) is 11.4 Å². The Kier molecular flexibility index (Phi) is 4.68. The zero-order valence-corrected chi connectivity index (χ0v) is 13.9. The van der Waals surface area contributed by atoms with E-state index in [0.29, 0.717) is 16.3 Å². The van der Waals surface area contributed by atoms with Crippen molar-refractivity contribution in [2.24, 2.45) is 0 Å². The van der Waals surface area contributed by atoms with Crippen LogP contribution in [0.1, 0.15) is 5.69 Å². The molecule has 3 aromatic rings. The summed E-state index contributed by atoms with van der Waals surface area (Å²) in [5, 5.41) is 4.08. The average molecular weight is 386 g/mol. The summed E-state index contributed by atoms with van der Waals surface area (Å²) >= 11 is 3.40. The van der Waals surface area contributed by atoms with Gasteiger partial charge in [-0.2, -0.15) is 18.3 Å². The molecule has 1 heterocycles. The van der Waals surface area contributed by atoms with Gasteiger partial charge < -0.3 is 4.55 Å². The Bertz CT molecular complexity index is 922. The van der Waals surface area contributed by atoms with Crippen molar-refractivity contribution in [3.05, 3.63) is 65.3 Å². The lowest BCUT2D eigenvalue weighted by Crippen LogP contribution is -2.07. The lowest BCUT2D eigenvalue weighted by molar-refractivity contribution is -0.141. The highest BCUT2D eigenvalue weighted by Crippen LogP contribution is 2.33. The number of alkyl halides is 3. The van der Waals surface area contributed by atoms with E-state index in [2.05, 4.69) is 5.10 Å². The Morgan fingerprint density at radius 3 is 2.16 bits per heavy atom. The summed E-state index contributed by atoms with van der Waals surface area (Å²) < 4.78 is 62.2. The second-order valence-corrected chi connectivity index (χ2v) is 6.44. The van der Waals surface area contributed by atoms with Crippen LogP contribution in [0.4, 0.5) is 13.2 Å². The molecule has 1 unspecified atom stereocenters. The van der Waals surface area contributed by atoms with Gasteiger partial charge in [0.2, 0.25) is 0 Å². The van der Waals surface area contributed by atoms with Crippen molar-refractivity contribution in [3.8, 4) is 16.9 Å². The molecular formula is C16H9ClF3N2O2S-. The maximum absolute atomic E-state index is 13.1. The first-order valence-electron chi connectivity index (χ1n) is 6.88. The van der Waals surface area contributed by atoms with E-state index in [1.807, 2.05) is 0 Å². The van der Waals surface area contributed by atoms with Crippen molar-refractivity contribution in [1.29, 1.82) is 0 Å². The van der Waals surface area contributed by atoms with Gasteiger partial charge >= 0.3 is 6.18 Å². The summed E-state index contributed by atoms with van der Waals surface area (Å²) in [5.74, 6) is 0. The lowest BCUT2D eigenvalue weighted by Gasteiger charge is -2.10. The van der Waals surface area contributed by atoms with Crippen LogP contribution in [0.15, 0.2) is 59.5 Å². The van der Waals surface area contributed by atoms with E-state index in [4.69, 9.17) is 11.6 Å². The monoisotopic (exact) mass is 385 g/mol. The van der Waals surface area contributed by atoms with Crippen molar-refractivity contribution in [1.82, 2.24) is 9.78 Å². The van der Waals surface area contributed by atoms with E-state index in [0.717, 1.165) is 10.7 Å². The fourth-order valence-electron chi connectivity index (χ4n) is 2.24. The first-order valence-corrected chi connectivity index (χ1v) is 8.34. The molecule has 0 aliphatic carbocycles. The fraction of sp³-hybridized carbons (Fsp3) is 0.0625. The predicted molar refractivity (Wildman–Crippen MR) is 86.2 cm³/mol. The highest BCUT2D eigenvalue weighted by Gasteiger charge is 2.35. The van der Waals surface area contributed by atoms with Crippen molar-refractivity contribution in [2.75, 3.05) is 0 Å². The van der Waals surface area contributed by atoms with Gasteiger partial charge in [-0.25, -0.2) is 4.68 Å². The fourth-order valence-corrected chi connectivity index (χ4v) is 2.73. The molecule has 2 aromatic carbocycles. The Labute approximate surface area is 148 Å². The van der Waals surface area contributed by atoms with Crippen LogP contribution in [0, 0.1) is 0 Å². The summed E-state index contributed by atoms with van der Waals surface area (Å²) in [6.45, 7) is 0. The summed E-state index contributed by atoms with van der Waals surface area (Å²) in [4.78, 5) is 0.0278. The molecule has 0 fully saturated rings. The van der Waals surface area contributed by atoms with Gasteiger partial charge in [0.25, 0.3) is 0 Å². The topological polar surface area (TPSA) is 57.9 Å². The maximum atomic E-state index is 13.1. The molecule has 0 aliphatic rings. The van der Waals surface area contributed by atoms with Gasteiger partial charge in [0.1, 0.15) is 0 Å². The number of hydrogen-bond donors (Lipinski definition) is 0. The zero-order chi connectivity index (χ0) is 18.2. The molecule has 4 nitrogen and oxygen atoms in total. The van der Waals surface area contributed by atoms with Crippen LogP contribution >= 0.6 is 11.6 Å². The summed E-state index contributed by atoms with van der Waals surface area (Å²) in [7, 11) is 0. The average Bonchev–Trinajstić information content (AvgIpc) is 3.01. The summed E-state index contributed by atoms with van der Waals surface area (Å²) in [6.07, 6.45) is -4.61. The molecule has 0 radical (unpaired) electrons. The highest BCUT2D eigenvalue weighted by molar-refractivity contribution is 7.79. The smallest absolute Gasteiger partial charge is 0.435 e. The SMILES string of the molecule is O=S([O-])c1ccc(-n2nc(C(F)(F)F)cc2-c2ccc(Cl)cc2)cc1. The van der Waals surface area contributed by atoms with E-state index < -0.39 is 23.0 Å². The van der Waals surface area contributed by atoms with Crippen LogP contribution in [0.3, 0.4) is 0 Å². The lowest BCUT2D eigenvalue weighted by atomic mass is 10.1. The van der Waals surface area contributed by atoms with Crippen molar-refractivity contribution >= 4 is 22.7 Å². The summed E-state index contributed by atoms with van der Waals surface area (Å²) in [6, 6.07) is 12.6. The molecule has 1 atom stereocenters. The van der Waals surface area contributed by atoms with Crippen LogP contribution in [-0.4, -0.2) is 18.5 Å².